The van der Waals surface area contributed by atoms with E-state index in [-0.39, 0.29) is 0 Å². The zero-order chi connectivity index (χ0) is 12.8. The molecular weight excluding hydrogens is 236 g/mol. The van der Waals surface area contributed by atoms with E-state index in [0.29, 0.717) is 0 Å². The lowest BCUT2D eigenvalue weighted by Crippen LogP contribution is -2.27. The first-order valence-corrected chi connectivity index (χ1v) is 7.00. The van der Waals surface area contributed by atoms with Gasteiger partial charge in [0.1, 0.15) is 0 Å². The van der Waals surface area contributed by atoms with Crippen molar-refractivity contribution in [1.29, 1.82) is 0 Å². The predicted molar refractivity (Wildman–Crippen MR) is 76.3 cm³/mol. The summed E-state index contributed by atoms with van der Waals surface area (Å²) in [5.41, 5.74) is 3.04. The third-order valence-electron chi connectivity index (χ3n) is 4.41. The van der Waals surface area contributed by atoms with Gasteiger partial charge in [0.2, 0.25) is 0 Å². The minimum absolute atomic E-state index is 0.785. The molecule has 0 radical (unpaired) electrons. The molecule has 2 fully saturated rings. The molecule has 98 valence electrons. The van der Waals surface area contributed by atoms with Crippen LogP contribution in [0, 0.1) is 18.8 Å². The van der Waals surface area contributed by atoms with Crippen LogP contribution in [0.3, 0.4) is 0 Å². The van der Waals surface area contributed by atoms with Crippen molar-refractivity contribution >= 4 is 16.9 Å². The molecule has 0 spiro atoms. The molecule has 0 amide bonds. The second kappa shape index (κ2) is 4.17. The van der Waals surface area contributed by atoms with Gasteiger partial charge in [-0.05, 0) is 30.9 Å². The molecule has 2 unspecified atom stereocenters. The fourth-order valence-corrected chi connectivity index (χ4v) is 3.41. The van der Waals surface area contributed by atoms with E-state index in [4.69, 9.17) is 9.97 Å². The number of hydrogen-bond acceptors (Lipinski definition) is 4. The average Bonchev–Trinajstić information content (AvgIpc) is 2.98. The van der Waals surface area contributed by atoms with Gasteiger partial charge in [0, 0.05) is 26.2 Å². The quantitative estimate of drug-likeness (QED) is 0.839. The number of benzene rings is 1. The van der Waals surface area contributed by atoms with E-state index < -0.39 is 0 Å². The van der Waals surface area contributed by atoms with Crippen LogP contribution in [0.5, 0.6) is 0 Å². The number of hydrogen-bond donors (Lipinski definition) is 1. The summed E-state index contributed by atoms with van der Waals surface area (Å²) < 4.78 is 0. The van der Waals surface area contributed by atoms with Gasteiger partial charge in [0.05, 0.1) is 16.7 Å². The van der Waals surface area contributed by atoms with Crippen LogP contribution in [0.15, 0.2) is 24.3 Å². The van der Waals surface area contributed by atoms with E-state index >= 15 is 0 Å². The first kappa shape index (κ1) is 11.2. The van der Waals surface area contributed by atoms with Gasteiger partial charge in [-0.3, -0.25) is 0 Å². The number of fused-ring (bicyclic) bond motifs is 2. The monoisotopic (exact) mass is 254 g/mol. The third kappa shape index (κ3) is 1.78. The van der Waals surface area contributed by atoms with Gasteiger partial charge in [-0.2, -0.15) is 0 Å². The van der Waals surface area contributed by atoms with Crippen LogP contribution in [0.1, 0.15) is 5.69 Å². The number of aryl methyl sites for hydroxylation is 1. The summed E-state index contributed by atoms with van der Waals surface area (Å²) in [6.45, 7) is 6.61. The van der Waals surface area contributed by atoms with Gasteiger partial charge in [0.25, 0.3) is 0 Å². The van der Waals surface area contributed by atoms with Crippen molar-refractivity contribution in [2.24, 2.45) is 11.8 Å². The molecule has 0 saturated carbocycles. The molecule has 2 aliphatic heterocycles. The lowest BCUT2D eigenvalue weighted by atomic mass is 10.0. The van der Waals surface area contributed by atoms with Crippen molar-refractivity contribution in [3.8, 4) is 0 Å². The molecule has 3 heterocycles. The third-order valence-corrected chi connectivity index (χ3v) is 4.41. The Balaban J connectivity index is 1.73. The van der Waals surface area contributed by atoms with Crippen molar-refractivity contribution in [3.05, 3.63) is 30.0 Å². The van der Waals surface area contributed by atoms with E-state index in [0.717, 1.165) is 60.6 Å². The minimum atomic E-state index is 0.785. The van der Waals surface area contributed by atoms with Gasteiger partial charge >= 0.3 is 0 Å². The summed E-state index contributed by atoms with van der Waals surface area (Å²) in [4.78, 5) is 11.9. The van der Waals surface area contributed by atoms with Crippen LogP contribution in [-0.4, -0.2) is 36.1 Å². The molecule has 4 rings (SSSR count). The number of nitrogens with one attached hydrogen (secondary N) is 1. The first-order chi connectivity index (χ1) is 9.31. The number of anilines is 1. The fourth-order valence-electron chi connectivity index (χ4n) is 3.41. The Bertz CT molecular complexity index is 613. The highest BCUT2D eigenvalue weighted by molar-refractivity contribution is 5.76. The molecule has 1 aromatic carbocycles. The predicted octanol–water partition coefficient (Wildman–Crippen LogP) is 1.59. The Morgan fingerprint density at radius 1 is 1.05 bits per heavy atom. The number of aromatic nitrogens is 2. The van der Waals surface area contributed by atoms with E-state index in [1.54, 1.807) is 0 Å². The van der Waals surface area contributed by atoms with E-state index in [1.165, 1.54) is 0 Å². The molecule has 0 aliphatic carbocycles. The Labute approximate surface area is 112 Å². The second-order valence-corrected chi connectivity index (χ2v) is 5.70. The zero-order valence-electron chi connectivity index (χ0n) is 11.1. The molecule has 4 heteroatoms. The van der Waals surface area contributed by atoms with E-state index in [1.807, 2.05) is 24.3 Å². The fraction of sp³-hybridized carbons (Fsp3) is 0.467. The topological polar surface area (TPSA) is 41.1 Å². The zero-order valence-corrected chi connectivity index (χ0v) is 11.1. The maximum absolute atomic E-state index is 4.83. The Hall–Kier alpha value is -1.68. The van der Waals surface area contributed by atoms with E-state index in [9.17, 15) is 0 Å². The second-order valence-electron chi connectivity index (χ2n) is 5.70. The van der Waals surface area contributed by atoms with E-state index in [2.05, 4.69) is 17.1 Å². The van der Waals surface area contributed by atoms with Gasteiger partial charge < -0.3 is 10.2 Å². The van der Waals surface area contributed by atoms with Gasteiger partial charge in [0.15, 0.2) is 5.82 Å². The Kier molecular flexibility index (Phi) is 2.45. The maximum atomic E-state index is 4.83. The molecular formula is C15H18N4. The van der Waals surface area contributed by atoms with Crippen molar-refractivity contribution < 1.29 is 0 Å². The Morgan fingerprint density at radius 2 is 1.68 bits per heavy atom. The van der Waals surface area contributed by atoms with Crippen LogP contribution >= 0.6 is 0 Å². The maximum Gasteiger partial charge on any atom is 0.150 e. The smallest absolute Gasteiger partial charge is 0.150 e. The van der Waals surface area contributed by atoms with Gasteiger partial charge in [-0.1, -0.05) is 12.1 Å². The molecule has 0 bridgehead atoms. The molecule has 1 aromatic heterocycles. The van der Waals surface area contributed by atoms with Crippen LogP contribution < -0.4 is 10.2 Å². The molecule has 19 heavy (non-hydrogen) atoms. The van der Waals surface area contributed by atoms with Crippen LogP contribution in [-0.2, 0) is 0 Å². The summed E-state index contributed by atoms with van der Waals surface area (Å²) >= 11 is 0. The summed E-state index contributed by atoms with van der Waals surface area (Å²) in [7, 11) is 0. The minimum Gasteiger partial charge on any atom is -0.354 e. The van der Waals surface area contributed by atoms with Crippen LogP contribution in [0.2, 0.25) is 0 Å². The molecule has 4 nitrogen and oxygen atoms in total. The average molecular weight is 254 g/mol. The summed E-state index contributed by atoms with van der Waals surface area (Å²) in [5.74, 6) is 2.65. The van der Waals surface area contributed by atoms with Crippen molar-refractivity contribution in [2.45, 2.75) is 6.92 Å². The van der Waals surface area contributed by atoms with Crippen LogP contribution in [0.4, 0.5) is 5.82 Å². The molecule has 2 saturated heterocycles. The normalized spacial score (nSPS) is 26.1. The molecule has 2 aliphatic rings. The van der Waals surface area contributed by atoms with Crippen molar-refractivity contribution in [1.82, 2.24) is 15.3 Å². The van der Waals surface area contributed by atoms with Crippen molar-refractivity contribution in [2.75, 3.05) is 31.1 Å². The van der Waals surface area contributed by atoms with Crippen LogP contribution in [0.25, 0.3) is 11.0 Å². The number of rotatable bonds is 1. The first-order valence-electron chi connectivity index (χ1n) is 7.00. The largest absolute Gasteiger partial charge is 0.354 e. The lowest BCUT2D eigenvalue weighted by molar-refractivity contribution is 0.533. The lowest BCUT2D eigenvalue weighted by Gasteiger charge is -2.20. The highest BCUT2D eigenvalue weighted by Crippen LogP contribution is 2.31. The SMILES string of the molecule is Cc1nc2ccccc2nc1N1CC2CNCC2C1. The standard InChI is InChI=1S/C15H18N4/c1-10-15(18-14-5-3-2-4-13(14)17-10)19-8-11-6-16-7-12(11)9-19/h2-5,11-12,16H,6-9H2,1H3. The van der Waals surface area contributed by atoms with Gasteiger partial charge in [-0.15, -0.1) is 0 Å². The highest BCUT2D eigenvalue weighted by Gasteiger charge is 2.37. The summed E-state index contributed by atoms with van der Waals surface area (Å²) in [6.07, 6.45) is 0. The summed E-state index contributed by atoms with van der Waals surface area (Å²) in [6, 6.07) is 8.12. The molecule has 1 N–H and O–H groups in total. The summed E-state index contributed by atoms with van der Waals surface area (Å²) in [5, 5.41) is 3.48. The number of para-hydroxylation sites is 2. The number of nitrogens with zero attached hydrogens (tertiary/aromatic N) is 3. The Morgan fingerprint density at radius 3 is 2.37 bits per heavy atom. The van der Waals surface area contributed by atoms with Crippen molar-refractivity contribution in [3.63, 3.8) is 0 Å². The highest BCUT2D eigenvalue weighted by atomic mass is 15.2. The molecule has 2 aromatic rings. The molecule has 2 atom stereocenters. The van der Waals surface area contributed by atoms with Gasteiger partial charge in [-0.25, -0.2) is 9.97 Å².